The van der Waals surface area contributed by atoms with Crippen LogP contribution in [0.2, 0.25) is 0 Å². The molecule has 0 saturated carbocycles. The van der Waals surface area contributed by atoms with Gasteiger partial charge in [0.1, 0.15) is 23.7 Å². The summed E-state index contributed by atoms with van der Waals surface area (Å²) in [6.07, 6.45) is 0. The number of hydrogen-bond donors (Lipinski definition) is 0. The van der Waals surface area contributed by atoms with E-state index in [4.69, 9.17) is 18.9 Å². The lowest BCUT2D eigenvalue weighted by atomic mass is 10.2. The van der Waals surface area contributed by atoms with E-state index in [1.807, 2.05) is 30.3 Å². The third-order valence-corrected chi connectivity index (χ3v) is 3.20. The van der Waals surface area contributed by atoms with Crippen LogP contribution in [0, 0.1) is 0 Å². The summed E-state index contributed by atoms with van der Waals surface area (Å²) in [4.78, 5) is 23.3. The van der Waals surface area contributed by atoms with Crippen molar-refractivity contribution in [2.45, 2.75) is 33.0 Å². The summed E-state index contributed by atoms with van der Waals surface area (Å²) in [5.74, 6) is 0.101. The van der Waals surface area contributed by atoms with Crippen LogP contribution in [-0.4, -0.2) is 30.8 Å². The maximum Gasteiger partial charge on any atom is 0.344 e. The average Bonchev–Trinajstić information content (AvgIpc) is 2.63. The molecule has 6 nitrogen and oxygen atoms in total. The highest BCUT2D eigenvalue weighted by atomic mass is 16.6. The molecule has 0 fully saturated rings. The van der Waals surface area contributed by atoms with Gasteiger partial charge in [-0.05, 0) is 50.6 Å². The molecule has 0 radical (unpaired) electrons. The van der Waals surface area contributed by atoms with Gasteiger partial charge in [0.05, 0.1) is 0 Å². The molecule has 0 saturated heterocycles. The molecule has 0 atom stereocenters. The summed E-state index contributed by atoms with van der Waals surface area (Å²) in [7, 11) is 0. The Hall–Kier alpha value is -3.02. The van der Waals surface area contributed by atoms with Crippen LogP contribution in [0.25, 0.3) is 0 Å². The molecule has 0 amide bonds. The topological polar surface area (TPSA) is 71.1 Å². The average molecular weight is 372 g/mol. The zero-order valence-electron chi connectivity index (χ0n) is 15.8. The van der Waals surface area contributed by atoms with E-state index in [-0.39, 0.29) is 19.8 Å². The number of esters is 2. The fourth-order valence-corrected chi connectivity index (χ4v) is 2.07. The molecular formula is C21H24O6. The van der Waals surface area contributed by atoms with Gasteiger partial charge >= 0.3 is 11.9 Å². The number of benzene rings is 2. The van der Waals surface area contributed by atoms with Gasteiger partial charge in [0, 0.05) is 0 Å². The van der Waals surface area contributed by atoms with Gasteiger partial charge in [-0.15, -0.1) is 0 Å². The monoisotopic (exact) mass is 372 g/mol. The maximum atomic E-state index is 11.7. The highest BCUT2D eigenvalue weighted by Crippen LogP contribution is 2.18. The zero-order valence-corrected chi connectivity index (χ0v) is 15.8. The Morgan fingerprint density at radius 3 is 1.81 bits per heavy atom. The number of ether oxygens (including phenoxy) is 4. The highest BCUT2D eigenvalue weighted by Gasteiger charge is 2.16. The van der Waals surface area contributed by atoms with Crippen molar-refractivity contribution in [3.05, 3.63) is 60.2 Å². The van der Waals surface area contributed by atoms with Gasteiger partial charge in [-0.1, -0.05) is 30.3 Å². The molecule has 0 aromatic heterocycles. The Morgan fingerprint density at radius 2 is 1.30 bits per heavy atom. The standard InChI is InChI=1S/C21H24O6/c1-21(2,3)27-20(23)15-25-18-11-9-17(10-12-18)24-14-19(22)26-13-16-7-5-4-6-8-16/h4-12H,13-15H2,1-3H3. The first kappa shape index (κ1) is 20.3. The van der Waals surface area contributed by atoms with Gasteiger partial charge in [0.25, 0.3) is 0 Å². The Morgan fingerprint density at radius 1 is 0.778 bits per heavy atom. The molecule has 144 valence electrons. The van der Waals surface area contributed by atoms with E-state index in [0.29, 0.717) is 11.5 Å². The van der Waals surface area contributed by atoms with Crippen LogP contribution in [0.4, 0.5) is 0 Å². The minimum Gasteiger partial charge on any atom is -0.482 e. The SMILES string of the molecule is CC(C)(C)OC(=O)COc1ccc(OCC(=O)OCc2ccccc2)cc1. The minimum absolute atomic E-state index is 0.177. The predicted octanol–water partition coefficient (Wildman–Crippen LogP) is 3.53. The van der Waals surface area contributed by atoms with E-state index < -0.39 is 17.5 Å². The molecular weight excluding hydrogens is 348 g/mol. The summed E-state index contributed by atoms with van der Waals surface area (Å²) in [5, 5.41) is 0. The van der Waals surface area contributed by atoms with Crippen molar-refractivity contribution in [1.82, 2.24) is 0 Å². The molecule has 0 aliphatic carbocycles. The van der Waals surface area contributed by atoms with Gasteiger partial charge in [-0.3, -0.25) is 0 Å². The third kappa shape index (κ3) is 8.27. The van der Waals surface area contributed by atoms with Crippen LogP contribution >= 0.6 is 0 Å². The van der Waals surface area contributed by atoms with Crippen LogP contribution in [-0.2, 0) is 25.7 Å². The normalized spacial score (nSPS) is 10.8. The van der Waals surface area contributed by atoms with Crippen molar-refractivity contribution in [2.24, 2.45) is 0 Å². The minimum atomic E-state index is -0.548. The van der Waals surface area contributed by atoms with Gasteiger partial charge < -0.3 is 18.9 Å². The Bertz CT molecular complexity index is 732. The molecule has 27 heavy (non-hydrogen) atoms. The third-order valence-electron chi connectivity index (χ3n) is 3.20. The first-order valence-electron chi connectivity index (χ1n) is 8.59. The van der Waals surface area contributed by atoms with Crippen molar-refractivity contribution < 1.29 is 28.5 Å². The number of hydrogen-bond acceptors (Lipinski definition) is 6. The zero-order chi connectivity index (χ0) is 19.7. The van der Waals surface area contributed by atoms with E-state index in [1.54, 1.807) is 45.0 Å². The van der Waals surface area contributed by atoms with E-state index in [1.165, 1.54) is 0 Å². The van der Waals surface area contributed by atoms with Gasteiger partial charge in [0.15, 0.2) is 13.2 Å². The highest BCUT2D eigenvalue weighted by molar-refractivity contribution is 5.71. The van der Waals surface area contributed by atoms with E-state index >= 15 is 0 Å². The molecule has 0 aliphatic heterocycles. The molecule has 0 aliphatic rings. The van der Waals surface area contributed by atoms with Crippen LogP contribution in [0.3, 0.4) is 0 Å². The number of carbonyl (C=O) groups is 2. The van der Waals surface area contributed by atoms with E-state index in [0.717, 1.165) is 5.56 Å². The quantitative estimate of drug-likeness (QED) is 0.660. The molecule has 6 heteroatoms. The number of carbonyl (C=O) groups excluding carboxylic acids is 2. The van der Waals surface area contributed by atoms with Crippen molar-refractivity contribution in [2.75, 3.05) is 13.2 Å². The Labute approximate surface area is 159 Å². The molecule has 2 aromatic rings. The van der Waals surface area contributed by atoms with E-state index in [9.17, 15) is 9.59 Å². The summed E-state index contributed by atoms with van der Waals surface area (Å²) in [6.45, 7) is 5.22. The first-order valence-corrected chi connectivity index (χ1v) is 8.59. The van der Waals surface area contributed by atoms with Crippen LogP contribution in [0.1, 0.15) is 26.3 Å². The first-order chi connectivity index (χ1) is 12.8. The molecule has 0 spiro atoms. The van der Waals surface area contributed by atoms with Crippen molar-refractivity contribution >= 4 is 11.9 Å². The molecule has 0 unspecified atom stereocenters. The summed E-state index contributed by atoms with van der Waals surface area (Å²) >= 11 is 0. The van der Waals surface area contributed by atoms with Crippen molar-refractivity contribution in [1.29, 1.82) is 0 Å². The predicted molar refractivity (Wildman–Crippen MR) is 99.5 cm³/mol. The van der Waals surface area contributed by atoms with Gasteiger partial charge in [-0.25, -0.2) is 9.59 Å². The van der Waals surface area contributed by atoms with E-state index in [2.05, 4.69) is 0 Å². The lowest BCUT2D eigenvalue weighted by Crippen LogP contribution is -2.27. The van der Waals surface area contributed by atoms with Crippen LogP contribution in [0.15, 0.2) is 54.6 Å². The van der Waals surface area contributed by atoms with Crippen molar-refractivity contribution in [3.63, 3.8) is 0 Å². The van der Waals surface area contributed by atoms with Gasteiger partial charge in [0.2, 0.25) is 0 Å². The van der Waals surface area contributed by atoms with Crippen LogP contribution < -0.4 is 9.47 Å². The Balaban J connectivity index is 1.70. The molecule has 2 rings (SSSR count). The summed E-state index contributed by atoms with van der Waals surface area (Å²) < 4.78 is 21.0. The second-order valence-electron chi connectivity index (χ2n) is 6.78. The Kier molecular flexibility index (Phi) is 7.23. The largest absolute Gasteiger partial charge is 0.482 e. The second-order valence-corrected chi connectivity index (χ2v) is 6.78. The summed E-state index contributed by atoms with van der Waals surface area (Å²) in [6, 6.07) is 16.0. The fraction of sp³-hybridized carbons (Fsp3) is 0.333. The molecule has 0 N–H and O–H groups in total. The van der Waals surface area contributed by atoms with Crippen LogP contribution in [0.5, 0.6) is 11.5 Å². The van der Waals surface area contributed by atoms with Gasteiger partial charge in [-0.2, -0.15) is 0 Å². The summed E-state index contributed by atoms with van der Waals surface area (Å²) in [5.41, 5.74) is 0.366. The second kappa shape index (κ2) is 9.62. The lowest BCUT2D eigenvalue weighted by molar-refractivity contribution is -0.157. The smallest absolute Gasteiger partial charge is 0.344 e. The number of rotatable bonds is 8. The van der Waals surface area contributed by atoms with Crippen molar-refractivity contribution in [3.8, 4) is 11.5 Å². The maximum absolute atomic E-state index is 11.7. The lowest BCUT2D eigenvalue weighted by Gasteiger charge is -2.19. The fourth-order valence-electron chi connectivity index (χ4n) is 2.07. The molecule has 0 heterocycles. The molecule has 2 aromatic carbocycles. The molecule has 0 bridgehead atoms.